The normalized spacial score (nSPS) is 11.8. The van der Waals surface area contributed by atoms with E-state index in [9.17, 15) is 18.4 Å². The number of fused-ring (bicyclic) bond motifs is 4. The Morgan fingerprint density at radius 2 is 1.17 bits per heavy atom. The van der Waals surface area contributed by atoms with E-state index in [0.717, 1.165) is 42.5 Å². The molecule has 0 amide bonds. The monoisotopic (exact) mass is 916 g/mol. The topological polar surface area (TPSA) is 149 Å². The smallest absolute Gasteiger partial charge is 0.161 e. The molecule has 0 spiro atoms. The van der Waals surface area contributed by atoms with Crippen molar-refractivity contribution >= 4 is 78.0 Å². The Morgan fingerprint density at radius 1 is 0.667 bits per heavy atom. The Kier molecular flexibility index (Phi) is 13.9. The van der Waals surface area contributed by atoms with Crippen LogP contribution in [0.1, 0.15) is 26.4 Å². The molecule has 0 radical (unpaired) electrons. The summed E-state index contributed by atoms with van der Waals surface area (Å²) in [5, 5.41) is 0. The number of aromatic nitrogens is 10. The molecule has 14 nitrogen and oxygen atoms in total. The number of ether oxygens (including phenoxy) is 2. The zero-order valence-corrected chi connectivity index (χ0v) is 38.2. The van der Waals surface area contributed by atoms with Gasteiger partial charge in [-0.25, -0.2) is 38.7 Å². The molecular weight excluding hydrogens is 871 g/mol. The van der Waals surface area contributed by atoms with Gasteiger partial charge >= 0.3 is 0 Å². The average Bonchev–Trinajstić information content (AvgIpc) is 3.97. The second-order valence-corrected chi connectivity index (χ2v) is 28.6. The molecule has 0 unspecified atom stereocenters. The highest BCUT2D eigenvalue weighted by Gasteiger charge is 2.18. The largest absolute Gasteiger partial charge is 0.361 e. The summed E-state index contributed by atoms with van der Waals surface area (Å²) in [6.07, 6.45) is 14.1. The number of hydrogen-bond donors (Lipinski definition) is 0. The zero-order valence-electron chi connectivity index (χ0n) is 34.6. The fourth-order valence-corrected chi connectivity index (χ4v) is 7.77. The fourth-order valence-electron chi connectivity index (χ4n) is 5.98. The lowest BCUT2D eigenvalue weighted by Crippen LogP contribution is -2.22. The Labute approximate surface area is 355 Å². The van der Waals surface area contributed by atoms with Crippen LogP contribution in [0.4, 0.5) is 8.78 Å². The van der Waals surface area contributed by atoms with Crippen LogP contribution in [0, 0.1) is 18.6 Å². The Bertz CT molecular complexity index is 2770. The number of rotatable bonds is 13. The van der Waals surface area contributed by atoms with Gasteiger partial charge in [0.05, 0.1) is 46.6 Å². The molecule has 8 aromatic heterocycles. The predicted molar refractivity (Wildman–Crippen MR) is 236 cm³/mol. The van der Waals surface area contributed by atoms with Gasteiger partial charge in [-0.1, -0.05) is 39.3 Å². The Balaban J connectivity index is 0.000000167. The molecule has 0 saturated carbocycles. The van der Waals surface area contributed by atoms with Crippen molar-refractivity contribution in [3.05, 3.63) is 107 Å². The van der Waals surface area contributed by atoms with Crippen molar-refractivity contribution in [1.82, 2.24) is 47.8 Å². The maximum absolute atomic E-state index is 13.4. The van der Waals surface area contributed by atoms with Gasteiger partial charge in [-0.15, -0.1) is 0 Å². The van der Waals surface area contributed by atoms with Gasteiger partial charge in [0, 0.05) is 54.1 Å². The van der Waals surface area contributed by atoms with E-state index < -0.39 is 16.1 Å². The van der Waals surface area contributed by atoms with Crippen molar-refractivity contribution in [2.75, 3.05) is 13.2 Å². The van der Waals surface area contributed by atoms with Crippen molar-refractivity contribution in [3.8, 4) is 11.4 Å². The van der Waals surface area contributed by atoms with Crippen molar-refractivity contribution < 1.29 is 27.8 Å². The molecule has 0 fully saturated rings. The Morgan fingerprint density at radius 3 is 1.72 bits per heavy atom. The van der Waals surface area contributed by atoms with Crippen LogP contribution in [-0.4, -0.2) is 89.8 Å². The first-order valence-corrected chi connectivity index (χ1v) is 27.4. The van der Waals surface area contributed by atoms with E-state index >= 15 is 0 Å². The summed E-state index contributed by atoms with van der Waals surface area (Å²) in [4.78, 5) is 48.7. The van der Waals surface area contributed by atoms with Crippen LogP contribution >= 0.6 is 15.9 Å². The summed E-state index contributed by atoms with van der Waals surface area (Å²) in [7, 11) is -2.25. The minimum atomic E-state index is -1.17. The van der Waals surface area contributed by atoms with E-state index in [1.54, 1.807) is 56.6 Å². The maximum atomic E-state index is 13.4. The van der Waals surface area contributed by atoms with Crippen molar-refractivity contribution in [3.63, 3.8) is 0 Å². The van der Waals surface area contributed by atoms with Crippen molar-refractivity contribution in [2.45, 2.75) is 71.8 Å². The van der Waals surface area contributed by atoms with E-state index in [1.807, 2.05) is 11.5 Å². The van der Waals surface area contributed by atoms with Gasteiger partial charge in [0.25, 0.3) is 0 Å². The van der Waals surface area contributed by atoms with Gasteiger partial charge in [-0.3, -0.25) is 9.59 Å². The molecular formula is C41H47BrF2N10O4Si2. The van der Waals surface area contributed by atoms with Crippen LogP contribution in [0.2, 0.25) is 51.4 Å². The lowest BCUT2D eigenvalue weighted by Gasteiger charge is -2.15. The van der Waals surface area contributed by atoms with Gasteiger partial charge in [-0.05, 0) is 59.2 Å². The van der Waals surface area contributed by atoms with Crippen molar-refractivity contribution in [1.29, 1.82) is 0 Å². The minimum Gasteiger partial charge on any atom is -0.361 e. The zero-order chi connectivity index (χ0) is 43.2. The van der Waals surface area contributed by atoms with E-state index in [-0.39, 0.29) is 11.6 Å². The van der Waals surface area contributed by atoms with E-state index in [1.165, 1.54) is 30.9 Å². The van der Waals surface area contributed by atoms with Crippen LogP contribution in [0.15, 0.2) is 78.7 Å². The third kappa shape index (κ3) is 11.1. The number of aryl methyl sites for hydroxylation is 1. The third-order valence-electron chi connectivity index (χ3n) is 9.29. The highest BCUT2D eigenvalue weighted by atomic mass is 79.9. The van der Waals surface area contributed by atoms with E-state index in [0.29, 0.717) is 75.0 Å². The first-order valence-electron chi connectivity index (χ1n) is 19.2. The van der Waals surface area contributed by atoms with E-state index in [2.05, 4.69) is 85.1 Å². The SMILES string of the molecule is C[Si](C)(C)CCOCn1cc(C=O)c2nc(-c3ncn4cc(F)ccc34)cnc21.C[Si](C)(C)CCOCn1cc(C=O)c2nc(Br)cnc21.Cc1ncn2cc(F)ccc12. The highest BCUT2D eigenvalue weighted by molar-refractivity contribution is 9.10. The highest BCUT2D eigenvalue weighted by Crippen LogP contribution is 2.25. The lowest BCUT2D eigenvalue weighted by atomic mass is 10.2. The standard InChI is InChI=1S/C20H22FN5O2Si.C13H18BrN3O2Si.C8H7FN2/c1-29(2,3)7-6-28-13-26-9-14(11-27)18-20(26)22-8-16(24-18)19-17-5-4-15(21)10-25(17)12-23-19;1-20(2,3)5-4-19-9-17-7-10(8-18)12-13(17)15-6-11(14)16-12;1-6-8-3-2-7(9)4-11(8)5-10-6/h4-5,8-12H,6-7,13H2,1-3H3;6-8H,4-5,9H2,1-3H3;2-5H,1H3. The molecule has 0 aromatic carbocycles. The number of imidazole rings is 2. The number of carbonyl (C=O) groups is 2. The summed E-state index contributed by atoms with van der Waals surface area (Å²) in [6, 6.07) is 8.35. The average molecular weight is 918 g/mol. The summed E-state index contributed by atoms with van der Waals surface area (Å²) in [6.45, 7) is 17.9. The molecule has 0 aliphatic rings. The number of carbonyl (C=O) groups excluding carboxylic acids is 2. The van der Waals surface area contributed by atoms with Crippen LogP contribution in [0.3, 0.4) is 0 Å². The number of halogens is 3. The van der Waals surface area contributed by atoms with Gasteiger partial charge in [0.1, 0.15) is 58.4 Å². The number of pyridine rings is 2. The van der Waals surface area contributed by atoms with Crippen LogP contribution < -0.4 is 0 Å². The predicted octanol–water partition coefficient (Wildman–Crippen LogP) is 9.11. The van der Waals surface area contributed by atoms with Crippen LogP contribution in [0.5, 0.6) is 0 Å². The van der Waals surface area contributed by atoms with Gasteiger partial charge < -0.3 is 27.4 Å². The number of aldehydes is 2. The van der Waals surface area contributed by atoms with Gasteiger partial charge in [-0.2, -0.15) is 0 Å². The molecule has 0 aliphatic carbocycles. The molecule has 0 atom stereocenters. The number of hydrogen-bond acceptors (Lipinski definition) is 10. The molecule has 0 bridgehead atoms. The molecule has 314 valence electrons. The molecule has 8 heterocycles. The quantitative estimate of drug-likeness (QED) is 0.0623. The van der Waals surface area contributed by atoms with Gasteiger partial charge in [0.15, 0.2) is 23.9 Å². The Hall–Kier alpha value is -5.35. The van der Waals surface area contributed by atoms with Crippen molar-refractivity contribution in [2.24, 2.45) is 0 Å². The summed E-state index contributed by atoms with van der Waals surface area (Å²) in [5.74, 6) is -0.590. The van der Waals surface area contributed by atoms with Crippen LogP contribution in [-0.2, 0) is 22.9 Å². The molecule has 60 heavy (non-hydrogen) atoms. The number of nitrogens with zero attached hydrogens (tertiary/aromatic N) is 10. The summed E-state index contributed by atoms with van der Waals surface area (Å²) >= 11 is 3.27. The summed E-state index contributed by atoms with van der Waals surface area (Å²) < 4.78 is 45.0. The first-order chi connectivity index (χ1) is 28.5. The fraction of sp³-hybridized carbons (Fsp3) is 0.317. The molecule has 0 N–H and O–H groups in total. The minimum absolute atomic E-state index is 0.241. The van der Waals surface area contributed by atoms with E-state index in [4.69, 9.17) is 9.47 Å². The molecule has 8 aromatic rings. The van der Waals surface area contributed by atoms with Crippen LogP contribution in [0.25, 0.3) is 44.7 Å². The second kappa shape index (κ2) is 18.9. The third-order valence-corrected chi connectivity index (χ3v) is 13.1. The summed E-state index contributed by atoms with van der Waals surface area (Å²) in [5.41, 5.74) is 7.00. The molecule has 0 aliphatic heterocycles. The lowest BCUT2D eigenvalue weighted by molar-refractivity contribution is 0.0895. The molecule has 0 saturated heterocycles. The second-order valence-electron chi connectivity index (χ2n) is 16.5. The molecule has 8 rings (SSSR count). The molecule has 19 heteroatoms. The van der Waals surface area contributed by atoms with Gasteiger partial charge in [0.2, 0.25) is 0 Å². The maximum Gasteiger partial charge on any atom is 0.161 e. The first kappa shape index (κ1) is 44.2.